The topological polar surface area (TPSA) is 81.7 Å². The molecule has 1 unspecified atom stereocenters. The van der Waals surface area contributed by atoms with Crippen LogP contribution < -0.4 is 10.6 Å². The first-order valence-corrected chi connectivity index (χ1v) is 5.84. The van der Waals surface area contributed by atoms with Crippen molar-refractivity contribution in [3.8, 4) is 0 Å². The maximum atomic E-state index is 11.3. The first kappa shape index (κ1) is 15.7. The third-order valence-electron chi connectivity index (χ3n) is 2.44. The van der Waals surface area contributed by atoms with Crippen molar-refractivity contribution in [3.05, 3.63) is 0 Å². The van der Waals surface area contributed by atoms with Crippen LogP contribution in [-0.4, -0.2) is 55.7 Å². The Morgan fingerprint density at radius 1 is 1.29 bits per heavy atom. The van der Waals surface area contributed by atoms with E-state index in [1.165, 1.54) is 0 Å². The Hall–Kier alpha value is -1.30. The number of aliphatic carboxylic acids is 1. The van der Waals surface area contributed by atoms with Crippen molar-refractivity contribution in [2.75, 3.05) is 33.7 Å². The summed E-state index contributed by atoms with van der Waals surface area (Å²) in [6.07, 6.45) is 0.832. The zero-order valence-corrected chi connectivity index (χ0v) is 10.8. The van der Waals surface area contributed by atoms with E-state index in [-0.39, 0.29) is 18.4 Å². The number of hydrogen-bond acceptors (Lipinski definition) is 3. The Labute approximate surface area is 102 Å². The van der Waals surface area contributed by atoms with E-state index in [0.29, 0.717) is 13.1 Å². The van der Waals surface area contributed by atoms with Gasteiger partial charge < -0.3 is 20.6 Å². The van der Waals surface area contributed by atoms with E-state index in [1.807, 2.05) is 25.9 Å². The van der Waals surface area contributed by atoms with Gasteiger partial charge in [0.15, 0.2) is 0 Å². The number of likely N-dealkylation sites (N-methyl/N-ethyl adjacent to an activating group) is 1. The first-order valence-electron chi connectivity index (χ1n) is 5.84. The number of nitrogens with zero attached hydrogens (tertiary/aromatic N) is 1. The number of carbonyl (C=O) groups excluding carboxylic acids is 1. The van der Waals surface area contributed by atoms with E-state index >= 15 is 0 Å². The molecule has 0 aromatic rings. The normalized spacial score (nSPS) is 12.2. The highest BCUT2D eigenvalue weighted by Gasteiger charge is 2.12. The lowest BCUT2D eigenvalue weighted by Gasteiger charge is -2.15. The van der Waals surface area contributed by atoms with Crippen LogP contribution in [0, 0.1) is 5.92 Å². The summed E-state index contributed by atoms with van der Waals surface area (Å²) in [6.45, 7) is 3.67. The van der Waals surface area contributed by atoms with E-state index in [4.69, 9.17) is 5.11 Å². The summed E-state index contributed by atoms with van der Waals surface area (Å²) in [7, 11) is 3.86. The van der Waals surface area contributed by atoms with Crippen molar-refractivity contribution in [2.24, 2.45) is 5.92 Å². The molecule has 0 bridgehead atoms. The summed E-state index contributed by atoms with van der Waals surface area (Å²) in [6, 6.07) is -0.240. The number of amides is 2. The van der Waals surface area contributed by atoms with Crippen LogP contribution in [0.15, 0.2) is 0 Å². The average Bonchev–Trinajstić information content (AvgIpc) is 2.23. The second-order valence-corrected chi connectivity index (χ2v) is 4.31. The van der Waals surface area contributed by atoms with Crippen LogP contribution in [0.5, 0.6) is 0 Å². The van der Waals surface area contributed by atoms with Gasteiger partial charge in [0.2, 0.25) is 0 Å². The summed E-state index contributed by atoms with van der Waals surface area (Å²) in [5.41, 5.74) is 0. The largest absolute Gasteiger partial charge is 0.481 e. The molecule has 100 valence electrons. The second kappa shape index (κ2) is 8.81. The number of carboxylic acids is 1. The molecule has 0 aliphatic carbocycles. The standard InChI is InChI=1S/C11H23N3O3/c1-4-9(7-10(15)16)8-13-11(17)12-5-6-14(2)3/h9H,4-8H2,1-3H3,(H,15,16)(H2,12,13,17). The van der Waals surface area contributed by atoms with E-state index in [0.717, 1.165) is 13.0 Å². The maximum Gasteiger partial charge on any atom is 0.314 e. The molecule has 6 nitrogen and oxygen atoms in total. The number of carbonyl (C=O) groups is 2. The molecule has 0 aliphatic rings. The minimum Gasteiger partial charge on any atom is -0.481 e. The fourth-order valence-corrected chi connectivity index (χ4v) is 1.30. The third-order valence-corrected chi connectivity index (χ3v) is 2.44. The summed E-state index contributed by atoms with van der Waals surface area (Å²) in [5.74, 6) is -0.834. The van der Waals surface area contributed by atoms with Crippen LogP contribution in [0.3, 0.4) is 0 Å². The minimum absolute atomic E-state index is 0.00732. The van der Waals surface area contributed by atoms with Crippen LogP contribution in [0.4, 0.5) is 4.79 Å². The molecule has 0 heterocycles. The smallest absolute Gasteiger partial charge is 0.314 e. The quantitative estimate of drug-likeness (QED) is 0.576. The van der Waals surface area contributed by atoms with E-state index in [1.54, 1.807) is 0 Å². The summed E-state index contributed by atoms with van der Waals surface area (Å²) >= 11 is 0. The van der Waals surface area contributed by atoms with Crippen molar-refractivity contribution < 1.29 is 14.7 Å². The van der Waals surface area contributed by atoms with Gasteiger partial charge in [0, 0.05) is 26.1 Å². The van der Waals surface area contributed by atoms with Gasteiger partial charge in [-0.1, -0.05) is 13.3 Å². The van der Waals surface area contributed by atoms with Gasteiger partial charge in [-0.2, -0.15) is 0 Å². The minimum atomic E-state index is -0.827. The van der Waals surface area contributed by atoms with Crippen LogP contribution in [0.25, 0.3) is 0 Å². The monoisotopic (exact) mass is 245 g/mol. The third kappa shape index (κ3) is 9.62. The van der Waals surface area contributed by atoms with Gasteiger partial charge in [-0.05, 0) is 20.0 Å². The molecule has 0 rings (SSSR count). The van der Waals surface area contributed by atoms with Gasteiger partial charge >= 0.3 is 12.0 Å². The number of nitrogens with one attached hydrogen (secondary N) is 2. The molecule has 17 heavy (non-hydrogen) atoms. The van der Waals surface area contributed by atoms with Crippen LogP contribution in [0.2, 0.25) is 0 Å². The van der Waals surface area contributed by atoms with Gasteiger partial charge in [-0.3, -0.25) is 4.79 Å². The Morgan fingerprint density at radius 2 is 1.94 bits per heavy atom. The Balaban J connectivity index is 3.69. The lowest BCUT2D eigenvalue weighted by molar-refractivity contribution is -0.138. The van der Waals surface area contributed by atoms with Gasteiger partial charge in [0.1, 0.15) is 0 Å². The molecule has 0 radical (unpaired) electrons. The number of carboxylic acid groups (broad SMARTS) is 1. The summed E-state index contributed by atoms with van der Waals surface area (Å²) in [4.78, 5) is 23.8. The Morgan fingerprint density at radius 3 is 2.41 bits per heavy atom. The van der Waals surface area contributed by atoms with Gasteiger partial charge in [0.05, 0.1) is 0 Å². The highest BCUT2D eigenvalue weighted by molar-refractivity contribution is 5.74. The Kier molecular flexibility index (Phi) is 8.13. The molecule has 0 fully saturated rings. The molecule has 0 aromatic carbocycles. The van der Waals surface area contributed by atoms with Crippen molar-refractivity contribution in [2.45, 2.75) is 19.8 Å². The molecule has 0 saturated carbocycles. The zero-order chi connectivity index (χ0) is 13.3. The lowest BCUT2D eigenvalue weighted by atomic mass is 10.0. The molecule has 0 saturated heterocycles. The molecule has 6 heteroatoms. The fourth-order valence-electron chi connectivity index (χ4n) is 1.30. The van der Waals surface area contributed by atoms with Crippen LogP contribution in [-0.2, 0) is 4.79 Å². The molecule has 1 atom stereocenters. The van der Waals surface area contributed by atoms with E-state index in [2.05, 4.69) is 10.6 Å². The average molecular weight is 245 g/mol. The molecule has 0 spiro atoms. The number of rotatable bonds is 8. The van der Waals surface area contributed by atoms with E-state index < -0.39 is 5.97 Å². The number of urea groups is 1. The SMILES string of the molecule is CCC(CNC(=O)NCCN(C)C)CC(=O)O. The van der Waals surface area contributed by atoms with Gasteiger partial charge in [-0.15, -0.1) is 0 Å². The molecule has 0 aromatic heterocycles. The number of hydrogen-bond donors (Lipinski definition) is 3. The van der Waals surface area contributed by atoms with Gasteiger partial charge in [0.25, 0.3) is 0 Å². The molecule has 0 aliphatic heterocycles. The zero-order valence-electron chi connectivity index (χ0n) is 10.8. The molecular formula is C11H23N3O3. The summed E-state index contributed by atoms with van der Waals surface area (Å²) < 4.78 is 0. The van der Waals surface area contributed by atoms with E-state index in [9.17, 15) is 9.59 Å². The second-order valence-electron chi connectivity index (χ2n) is 4.31. The first-order chi connectivity index (χ1) is 7.95. The van der Waals surface area contributed by atoms with Gasteiger partial charge in [-0.25, -0.2) is 4.79 Å². The summed E-state index contributed by atoms with van der Waals surface area (Å²) in [5, 5.41) is 14.0. The highest BCUT2D eigenvalue weighted by Crippen LogP contribution is 2.06. The van der Waals surface area contributed by atoms with Crippen LogP contribution in [0.1, 0.15) is 19.8 Å². The van der Waals surface area contributed by atoms with Crippen molar-refractivity contribution in [3.63, 3.8) is 0 Å². The molecule has 3 N–H and O–H groups in total. The Bertz CT molecular complexity index is 244. The highest BCUT2D eigenvalue weighted by atomic mass is 16.4. The maximum absolute atomic E-state index is 11.3. The van der Waals surface area contributed by atoms with Crippen molar-refractivity contribution >= 4 is 12.0 Å². The molecular weight excluding hydrogens is 222 g/mol. The molecule has 2 amide bonds. The lowest BCUT2D eigenvalue weighted by Crippen LogP contribution is -2.41. The predicted molar refractivity (Wildman–Crippen MR) is 66.0 cm³/mol. The van der Waals surface area contributed by atoms with Crippen molar-refractivity contribution in [1.29, 1.82) is 0 Å². The van der Waals surface area contributed by atoms with Crippen molar-refractivity contribution in [1.82, 2.24) is 15.5 Å². The predicted octanol–water partition coefficient (Wildman–Crippen LogP) is 0.348. The fraction of sp³-hybridized carbons (Fsp3) is 0.818. The van der Waals surface area contributed by atoms with Crippen LogP contribution >= 0.6 is 0 Å².